The highest BCUT2D eigenvalue weighted by molar-refractivity contribution is 5.45. The van der Waals surface area contributed by atoms with Crippen LogP contribution in [-0.2, 0) is 0 Å². The Bertz CT molecular complexity index is 621. The molecule has 2 aromatic rings. The predicted molar refractivity (Wildman–Crippen MR) is 83.5 cm³/mol. The molecule has 0 aromatic heterocycles. The van der Waals surface area contributed by atoms with E-state index in [-0.39, 0.29) is 34.8 Å². The number of rotatable bonds is 2. The van der Waals surface area contributed by atoms with E-state index in [1.165, 1.54) is 12.1 Å². The van der Waals surface area contributed by atoms with Gasteiger partial charge < -0.3 is 20.4 Å². The van der Waals surface area contributed by atoms with Crippen LogP contribution in [0.1, 0.15) is 48.6 Å². The second-order valence-electron chi connectivity index (χ2n) is 5.99. The van der Waals surface area contributed by atoms with E-state index < -0.39 is 0 Å². The summed E-state index contributed by atoms with van der Waals surface area (Å²) in [7, 11) is 0. The molecule has 116 valence electrons. The summed E-state index contributed by atoms with van der Waals surface area (Å²) in [5.41, 5.74) is 1.99. The molecule has 3 rings (SSSR count). The Morgan fingerprint density at radius 2 is 1.00 bits per heavy atom. The molecule has 4 nitrogen and oxygen atoms in total. The summed E-state index contributed by atoms with van der Waals surface area (Å²) in [6, 6.07) is 9.98. The average Bonchev–Trinajstić information content (AvgIpc) is 2.53. The number of phenolic OH excluding ortho intramolecular Hbond substituents is 4. The first-order valence-electron chi connectivity index (χ1n) is 7.60. The van der Waals surface area contributed by atoms with Gasteiger partial charge in [0, 0.05) is 0 Å². The monoisotopic (exact) mass is 300 g/mol. The van der Waals surface area contributed by atoms with Gasteiger partial charge in [0.1, 0.15) is 0 Å². The second-order valence-corrected chi connectivity index (χ2v) is 5.99. The minimum atomic E-state index is -0.113. The number of aromatic hydroxyl groups is 4. The third kappa shape index (κ3) is 2.69. The lowest BCUT2D eigenvalue weighted by Crippen LogP contribution is -2.16. The van der Waals surface area contributed by atoms with Crippen LogP contribution >= 0.6 is 0 Å². The maximum atomic E-state index is 9.75. The van der Waals surface area contributed by atoms with Crippen LogP contribution in [-0.4, -0.2) is 20.4 Å². The van der Waals surface area contributed by atoms with Gasteiger partial charge in [0.05, 0.1) is 0 Å². The molecule has 2 aromatic carbocycles. The van der Waals surface area contributed by atoms with Crippen molar-refractivity contribution in [2.24, 2.45) is 0 Å². The molecule has 1 aliphatic carbocycles. The van der Waals surface area contributed by atoms with Crippen molar-refractivity contribution in [2.75, 3.05) is 0 Å². The van der Waals surface area contributed by atoms with E-state index in [9.17, 15) is 20.4 Å². The van der Waals surface area contributed by atoms with Crippen molar-refractivity contribution in [1.82, 2.24) is 0 Å². The molecule has 2 unspecified atom stereocenters. The molecule has 0 amide bonds. The highest BCUT2D eigenvalue weighted by Crippen LogP contribution is 2.46. The van der Waals surface area contributed by atoms with Gasteiger partial charge in [-0.2, -0.15) is 0 Å². The number of benzene rings is 2. The molecular weight excluding hydrogens is 280 g/mol. The Morgan fingerprint density at radius 1 is 0.591 bits per heavy atom. The van der Waals surface area contributed by atoms with E-state index >= 15 is 0 Å². The molecule has 2 atom stereocenters. The predicted octanol–water partition coefficient (Wildman–Crippen LogP) is 3.95. The summed E-state index contributed by atoms with van der Waals surface area (Å²) < 4.78 is 0. The van der Waals surface area contributed by atoms with Gasteiger partial charge in [0.2, 0.25) is 0 Å². The first kappa shape index (κ1) is 14.6. The van der Waals surface area contributed by atoms with Gasteiger partial charge in [0.15, 0.2) is 23.0 Å². The van der Waals surface area contributed by atoms with E-state index in [2.05, 4.69) is 0 Å². The molecule has 22 heavy (non-hydrogen) atoms. The zero-order valence-electron chi connectivity index (χ0n) is 12.2. The molecule has 0 heterocycles. The van der Waals surface area contributed by atoms with Crippen LogP contribution in [0, 0.1) is 0 Å². The molecule has 4 N–H and O–H groups in total. The topological polar surface area (TPSA) is 80.9 Å². The summed E-state index contributed by atoms with van der Waals surface area (Å²) in [5, 5.41) is 38.5. The highest BCUT2D eigenvalue weighted by atomic mass is 16.3. The largest absolute Gasteiger partial charge is 0.504 e. The fourth-order valence-corrected chi connectivity index (χ4v) is 3.47. The number of phenols is 4. The maximum absolute atomic E-state index is 9.75. The van der Waals surface area contributed by atoms with Crippen LogP contribution in [0.3, 0.4) is 0 Å². The molecule has 0 spiro atoms. The fraction of sp³-hybridized carbons (Fsp3) is 0.333. The van der Waals surface area contributed by atoms with E-state index in [4.69, 9.17) is 0 Å². The van der Waals surface area contributed by atoms with Crippen LogP contribution in [0.25, 0.3) is 0 Å². The number of hydrogen-bond acceptors (Lipinski definition) is 4. The van der Waals surface area contributed by atoms with Crippen molar-refractivity contribution in [3.8, 4) is 23.0 Å². The Hall–Kier alpha value is -2.36. The lowest BCUT2D eigenvalue weighted by atomic mass is 9.72. The second kappa shape index (κ2) is 5.79. The molecular formula is C18H20O4. The third-order valence-electron chi connectivity index (χ3n) is 4.62. The van der Waals surface area contributed by atoms with Crippen LogP contribution < -0.4 is 0 Å². The van der Waals surface area contributed by atoms with Gasteiger partial charge in [-0.05, 0) is 60.1 Å². The van der Waals surface area contributed by atoms with E-state index in [1.54, 1.807) is 12.1 Å². The van der Waals surface area contributed by atoms with Crippen LogP contribution in [0.5, 0.6) is 23.0 Å². The Morgan fingerprint density at radius 3 is 1.36 bits per heavy atom. The zero-order chi connectivity index (χ0) is 15.7. The molecule has 1 fully saturated rings. The van der Waals surface area contributed by atoms with Gasteiger partial charge in [-0.15, -0.1) is 0 Å². The molecule has 0 saturated heterocycles. The lowest BCUT2D eigenvalue weighted by Gasteiger charge is -2.32. The lowest BCUT2D eigenvalue weighted by molar-refractivity contribution is 0.374. The zero-order valence-corrected chi connectivity index (χ0v) is 12.2. The minimum Gasteiger partial charge on any atom is -0.504 e. The standard InChI is InChI=1S/C18H20O4/c19-15-7-5-11(9-17(15)21)13-3-1-2-4-14(13)12-6-8-16(20)18(22)10-12/h5-10,13-14,19-22H,1-4H2. The Balaban J connectivity index is 1.96. The molecule has 4 heteroatoms. The summed E-state index contributed by atoms with van der Waals surface area (Å²) in [5.74, 6) is 0.0240. The highest BCUT2D eigenvalue weighted by Gasteiger charge is 2.28. The van der Waals surface area contributed by atoms with Gasteiger partial charge in [-0.1, -0.05) is 25.0 Å². The summed E-state index contributed by atoms with van der Waals surface area (Å²) in [6.07, 6.45) is 4.23. The molecule has 0 bridgehead atoms. The normalized spacial score (nSPS) is 21.6. The van der Waals surface area contributed by atoms with Crippen LogP contribution in [0.4, 0.5) is 0 Å². The van der Waals surface area contributed by atoms with Crippen LogP contribution in [0.2, 0.25) is 0 Å². The Labute approximate surface area is 129 Å². The average molecular weight is 300 g/mol. The first-order valence-corrected chi connectivity index (χ1v) is 7.60. The minimum absolute atomic E-state index is 0.102. The van der Waals surface area contributed by atoms with E-state index in [1.807, 2.05) is 12.1 Å². The Kier molecular flexibility index (Phi) is 3.84. The van der Waals surface area contributed by atoms with Gasteiger partial charge in [-0.3, -0.25) is 0 Å². The quantitative estimate of drug-likeness (QED) is 0.633. The van der Waals surface area contributed by atoms with E-state index in [0.29, 0.717) is 0 Å². The molecule has 0 radical (unpaired) electrons. The van der Waals surface area contributed by atoms with Gasteiger partial charge in [0.25, 0.3) is 0 Å². The molecule has 1 aliphatic rings. The van der Waals surface area contributed by atoms with Gasteiger partial charge in [-0.25, -0.2) is 0 Å². The SMILES string of the molecule is Oc1ccc(C2CCCCC2c2ccc(O)c(O)c2)cc1O. The van der Waals surface area contributed by atoms with Crippen molar-refractivity contribution in [2.45, 2.75) is 37.5 Å². The summed E-state index contributed by atoms with van der Waals surface area (Å²) >= 11 is 0. The van der Waals surface area contributed by atoms with Crippen molar-refractivity contribution >= 4 is 0 Å². The maximum Gasteiger partial charge on any atom is 0.157 e. The fourth-order valence-electron chi connectivity index (χ4n) is 3.47. The summed E-state index contributed by atoms with van der Waals surface area (Å²) in [4.78, 5) is 0. The third-order valence-corrected chi connectivity index (χ3v) is 4.62. The van der Waals surface area contributed by atoms with Crippen LogP contribution in [0.15, 0.2) is 36.4 Å². The summed E-state index contributed by atoms with van der Waals surface area (Å²) in [6.45, 7) is 0. The molecule has 0 aliphatic heterocycles. The smallest absolute Gasteiger partial charge is 0.157 e. The van der Waals surface area contributed by atoms with Crippen molar-refractivity contribution < 1.29 is 20.4 Å². The van der Waals surface area contributed by atoms with E-state index in [0.717, 1.165) is 36.8 Å². The first-order chi connectivity index (χ1) is 10.6. The van der Waals surface area contributed by atoms with Crippen molar-refractivity contribution in [1.29, 1.82) is 0 Å². The van der Waals surface area contributed by atoms with Crippen molar-refractivity contribution in [3.63, 3.8) is 0 Å². The van der Waals surface area contributed by atoms with Crippen molar-refractivity contribution in [3.05, 3.63) is 47.5 Å². The van der Waals surface area contributed by atoms with Gasteiger partial charge >= 0.3 is 0 Å². The number of hydrogen-bond donors (Lipinski definition) is 4. The molecule has 1 saturated carbocycles.